The summed E-state index contributed by atoms with van der Waals surface area (Å²) in [7, 11) is 0. The molecule has 2 aromatic heterocycles. The highest BCUT2D eigenvalue weighted by Gasteiger charge is 2.29. The van der Waals surface area contributed by atoms with Gasteiger partial charge in [0.05, 0.1) is 18.1 Å². The maximum atomic E-state index is 13.5. The fourth-order valence-corrected chi connectivity index (χ4v) is 5.26. The fraction of sp³-hybridized carbons (Fsp3) is 0.353. The molecule has 264 valence electrons. The van der Waals surface area contributed by atoms with Crippen LogP contribution in [0.25, 0.3) is 0 Å². The van der Waals surface area contributed by atoms with Crippen LogP contribution in [-0.2, 0) is 17.8 Å². The Bertz CT molecular complexity index is 1780. The van der Waals surface area contributed by atoms with Crippen molar-refractivity contribution in [1.82, 2.24) is 30.2 Å². The molecule has 0 atom stereocenters. The van der Waals surface area contributed by atoms with Gasteiger partial charge in [-0.05, 0) is 65.4 Å². The minimum Gasteiger partial charge on any atom is -0.492 e. The van der Waals surface area contributed by atoms with Crippen LogP contribution in [0.4, 0.5) is 30.8 Å². The van der Waals surface area contributed by atoms with E-state index in [1.165, 1.54) is 0 Å². The molecule has 6 heterocycles. The predicted octanol–water partition coefficient (Wildman–Crippen LogP) is 5.83. The van der Waals surface area contributed by atoms with Crippen LogP contribution in [0, 0.1) is 5.41 Å². The minimum atomic E-state index is -4.60. The number of hydrogen-bond acceptors (Lipinski definition) is 10. The van der Waals surface area contributed by atoms with Crippen molar-refractivity contribution in [3.8, 4) is 11.8 Å². The summed E-state index contributed by atoms with van der Waals surface area (Å²) in [6, 6.07) is 14.7. The second-order valence-corrected chi connectivity index (χ2v) is 12.8. The summed E-state index contributed by atoms with van der Waals surface area (Å²) < 4.78 is 49.4. The van der Waals surface area contributed by atoms with Crippen molar-refractivity contribution in [2.45, 2.75) is 39.4 Å². The first kappa shape index (κ1) is 36.1. The van der Waals surface area contributed by atoms with Crippen molar-refractivity contribution >= 4 is 41.0 Å². The van der Waals surface area contributed by atoms with E-state index in [1.54, 1.807) is 65.8 Å². The topological polar surface area (TPSA) is 143 Å². The molecular formula is C34H36ClF3N8O4. The van der Waals surface area contributed by atoms with Crippen LogP contribution in [0.1, 0.15) is 41.8 Å². The van der Waals surface area contributed by atoms with Crippen molar-refractivity contribution in [2.24, 2.45) is 5.41 Å². The molecule has 50 heavy (non-hydrogen) atoms. The molecule has 0 radical (unpaired) electrons. The number of hydrogen-bond donors (Lipinski definition) is 3. The lowest BCUT2D eigenvalue weighted by Crippen LogP contribution is -2.45. The number of nitrogens with zero attached hydrogens (tertiary/aromatic N) is 5. The number of anilines is 3. The average molecular weight is 713 g/mol. The van der Waals surface area contributed by atoms with Gasteiger partial charge in [-0.1, -0.05) is 37.6 Å². The third-order valence-electron chi connectivity index (χ3n) is 7.44. The Kier molecular flexibility index (Phi) is 11.6. The van der Waals surface area contributed by atoms with Crippen LogP contribution in [0.15, 0.2) is 67.0 Å². The fourth-order valence-electron chi connectivity index (χ4n) is 5.00. The lowest BCUT2D eigenvalue weighted by Gasteiger charge is -2.33. The van der Waals surface area contributed by atoms with Gasteiger partial charge in [-0.25, -0.2) is 0 Å². The van der Waals surface area contributed by atoms with E-state index in [0.717, 1.165) is 5.56 Å². The highest BCUT2D eigenvalue weighted by molar-refractivity contribution is 6.32. The number of amides is 2. The summed E-state index contributed by atoms with van der Waals surface area (Å²) in [6.07, 6.45) is -0.579. The molecule has 12 nitrogen and oxygen atoms in total. The molecule has 16 heteroatoms. The van der Waals surface area contributed by atoms with Crippen LogP contribution in [-0.4, -0.2) is 75.7 Å². The van der Waals surface area contributed by atoms with E-state index in [4.69, 9.17) is 21.1 Å². The standard InChI is InChI=1S/C34H36ClF3N8O4/c1-33(2)19-41-29(48)24-7-9-25(10-8-24)42-31-43-30(44-32(45-31)50-21-34(36,37)38)40-18-23-6-11-27(26(35)15-23)49-14-4-13-46(20-33)28(47)16-22-5-3-12-39-17-22/h3,5-12,15,17H,4,13-14,16,18-21H2,1-2H3,(H,41,48)(H2,40,42,43,44,45). The van der Waals surface area contributed by atoms with Gasteiger partial charge in [0.1, 0.15) is 5.75 Å². The largest absolute Gasteiger partial charge is 0.492 e. The smallest absolute Gasteiger partial charge is 0.422 e. The van der Waals surface area contributed by atoms with Crippen LogP contribution in [0.2, 0.25) is 5.02 Å². The van der Waals surface area contributed by atoms with Crippen LogP contribution in [0.5, 0.6) is 11.8 Å². The zero-order valence-electron chi connectivity index (χ0n) is 27.4. The Morgan fingerprint density at radius 2 is 1.84 bits per heavy atom. The lowest BCUT2D eigenvalue weighted by atomic mass is 9.92. The Balaban J connectivity index is 1.38. The normalized spacial score (nSPS) is 15.6. The molecule has 0 saturated heterocycles. The number of aromatic nitrogens is 4. The summed E-state index contributed by atoms with van der Waals surface area (Å²) in [5.74, 6) is -0.0810. The van der Waals surface area contributed by atoms with Crippen LogP contribution in [0.3, 0.4) is 0 Å². The number of carbonyl (C=O) groups is 2. The van der Waals surface area contributed by atoms with Gasteiger partial charge in [-0.2, -0.15) is 28.1 Å². The number of carbonyl (C=O) groups excluding carboxylic acids is 2. The molecule has 8 rings (SSSR count). The second kappa shape index (κ2) is 16.0. The quantitative estimate of drug-likeness (QED) is 0.237. The molecule has 6 bridgehead atoms. The number of pyridine rings is 1. The van der Waals surface area contributed by atoms with Crippen LogP contribution >= 0.6 is 11.6 Å². The number of nitrogens with one attached hydrogen (secondary N) is 3. The first-order valence-electron chi connectivity index (χ1n) is 15.7. The van der Waals surface area contributed by atoms with E-state index in [1.807, 2.05) is 19.9 Å². The predicted molar refractivity (Wildman–Crippen MR) is 181 cm³/mol. The Morgan fingerprint density at radius 3 is 2.56 bits per heavy atom. The van der Waals surface area contributed by atoms with Crippen LogP contribution < -0.4 is 25.4 Å². The monoisotopic (exact) mass is 712 g/mol. The van der Waals surface area contributed by atoms with Crippen molar-refractivity contribution in [2.75, 3.05) is 43.5 Å². The van der Waals surface area contributed by atoms with E-state index in [-0.39, 0.29) is 49.8 Å². The number of alkyl halides is 3. The SMILES string of the molecule is CC1(C)CNC(=O)c2ccc(cc2)Nc2nc(nc(OCC(F)(F)F)n2)NCc2ccc(c(Cl)c2)OCCCN(C(=O)Cc2cccnc2)C1. The Hall–Kier alpha value is -5.18. The van der Waals surface area contributed by atoms with Gasteiger partial charge in [0.25, 0.3) is 5.91 Å². The van der Waals surface area contributed by atoms with Gasteiger partial charge >= 0.3 is 12.2 Å². The van der Waals surface area contributed by atoms with Crippen molar-refractivity contribution in [1.29, 1.82) is 0 Å². The Morgan fingerprint density at radius 1 is 1.06 bits per heavy atom. The summed E-state index contributed by atoms with van der Waals surface area (Å²) in [5.41, 5.74) is 1.85. The zero-order valence-corrected chi connectivity index (χ0v) is 28.1. The molecule has 3 N–H and O–H groups in total. The van der Waals surface area contributed by atoms with Crippen molar-refractivity contribution < 1.29 is 32.2 Å². The van der Waals surface area contributed by atoms with E-state index in [9.17, 15) is 22.8 Å². The molecule has 0 unspecified atom stereocenters. The first-order valence-corrected chi connectivity index (χ1v) is 16.1. The Labute approximate surface area is 291 Å². The first-order chi connectivity index (χ1) is 23.8. The molecule has 0 aliphatic carbocycles. The highest BCUT2D eigenvalue weighted by Crippen LogP contribution is 2.27. The van der Waals surface area contributed by atoms with E-state index in [0.29, 0.717) is 47.1 Å². The molecule has 4 aromatic rings. The number of halogens is 4. The molecule has 2 aromatic carbocycles. The molecule has 0 fully saturated rings. The number of rotatable bonds is 4. The average Bonchev–Trinajstić information content (AvgIpc) is 3.07. The summed E-state index contributed by atoms with van der Waals surface area (Å²) >= 11 is 6.52. The summed E-state index contributed by atoms with van der Waals surface area (Å²) in [5, 5.41) is 9.17. The zero-order chi connectivity index (χ0) is 35.7. The molecule has 4 aliphatic heterocycles. The van der Waals surface area contributed by atoms with Gasteiger partial charge in [-0.3, -0.25) is 14.6 Å². The lowest BCUT2D eigenvalue weighted by molar-refractivity contribution is -0.154. The maximum Gasteiger partial charge on any atom is 0.422 e. The molecule has 4 aliphatic rings. The van der Waals surface area contributed by atoms with Gasteiger partial charge < -0.3 is 30.3 Å². The minimum absolute atomic E-state index is 0.0492. The van der Waals surface area contributed by atoms with Gasteiger partial charge in [0.15, 0.2) is 6.61 Å². The van der Waals surface area contributed by atoms with Gasteiger partial charge in [0.2, 0.25) is 17.8 Å². The third kappa shape index (κ3) is 10.9. The van der Waals surface area contributed by atoms with Crippen molar-refractivity contribution in [3.05, 3.63) is 88.7 Å². The van der Waals surface area contributed by atoms with E-state index < -0.39 is 24.2 Å². The molecule has 0 saturated carbocycles. The summed E-state index contributed by atoms with van der Waals surface area (Å²) in [6.45, 7) is 3.86. The molecule has 2 amide bonds. The third-order valence-corrected chi connectivity index (χ3v) is 7.73. The number of ether oxygens (including phenoxy) is 2. The van der Waals surface area contributed by atoms with E-state index in [2.05, 4.69) is 35.9 Å². The molecular weight excluding hydrogens is 677 g/mol. The maximum absolute atomic E-state index is 13.5. The second-order valence-electron chi connectivity index (χ2n) is 12.4. The highest BCUT2D eigenvalue weighted by atomic mass is 35.5. The summed E-state index contributed by atoms with van der Waals surface area (Å²) in [4.78, 5) is 44.7. The van der Waals surface area contributed by atoms with E-state index >= 15 is 0 Å². The van der Waals surface area contributed by atoms with Gasteiger partial charge in [0, 0.05) is 49.8 Å². The molecule has 0 spiro atoms. The number of benzene rings is 2. The van der Waals surface area contributed by atoms with Gasteiger partial charge in [-0.15, -0.1) is 0 Å². The van der Waals surface area contributed by atoms with Crippen molar-refractivity contribution in [3.63, 3.8) is 0 Å².